The SMILES string of the molecule is Cc1ccccc1-c1noc(/C(Cl)=C/c2ccc(OC(F)F)cc2)n1. The Morgan fingerprint density at radius 3 is 2.56 bits per heavy atom. The van der Waals surface area contributed by atoms with E-state index in [0.717, 1.165) is 11.1 Å². The van der Waals surface area contributed by atoms with Gasteiger partial charge in [-0.2, -0.15) is 13.8 Å². The molecule has 0 saturated carbocycles. The van der Waals surface area contributed by atoms with E-state index in [1.165, 1.54) is 12.1 Å². The topological polar surface area (TPSA) is 48.2 Å². The van der Waals surface area contributed by atoms with Crippen molar-refractivity contribution in [2.75, 3.05) is 0 Å². The van der Waals surface area contributed by atoms with Gasteiger partial charge in [0.05, 0.1) is 0 Å². The monoisotopic (exact) mass is 362 g/mol. The molecule has 3 aromatic rings. The van der Waals surface area contributed by atoms with Crippen LogP contribution in [-0.4, -0.2) is 16.8 Å². The fourth-order valence-electron chi connectivity index (χ4n) is 2.21. The van der Waals surface area contributed by atoms with Crippen LogP contribution in [0.3, 0.4) is 0 Å². The highest BCUT2D eigenvalue weighted by Gasteiger charge is 2.13. The molecule has 25 heavy (non-hydrogen) atoms. The fourth-order valence-corrected chi connectivity index (χ4v) is 2.41. The predicted octanol–water partition coefficient (Wildman–Crippen LogP) is 5.38. The summed E-state index contributed by atoms with van der Waals surface area (Å²) >= 11 is 6.22. The summed E-state index contributed by atoms with van der Waals surface area (Å²) in [6.07, 6.45) is 1.60. The summed E-state index contributed by atoms with van der Waals surface area (Å²) in [5.74, 6) is 0.691. The second-order valence-electron chi connectivity index (χ2n) is 5.18. The van der Waals surface area contributed by atoms with Crippen molar-refractivity contribution in [1.82, 2.24) is 10.1 Å². The summed E-state index contributed by atoms with van der Waals surface area (Å²) in [5.41, 5.74) is 2.56. The number of benzene rings is 2. The number of aromatic nitrogens is 2. The van der Waals surface area contributed by atoms with Gasteiger partial charge in [0.1, 0.15) is 10.8 Å². The number of aryl methyl sites for hydroxylation is 1. The maximum absolute atomic E-state index is 12.1. The minimum Gasteiger partial charge on any atom is -0.435 e. The van der Waals surface area contributed by atoms with E-state index in [1.54, 1.807) is 18.2 Å². The number of nitrogens with zero attached hydrogens (tertiary/aromatic N) is 2. The van der Waals surface area contributed by atoms with Gasteiger partial charge in [0.2, 0.25) is 5.82 Å². The highest BCUT2D eigenvalue weighted by atomic mass is 35.5. The van der Waals surface area contributed by atoms with Crippen LogP contribution in [0, 0.1) is 6.92 Å². The minimum absolute atomic E-state index is 0.0721. The number of hydrogen-bond donors (Lipinski definition) is 0. The molecule has 3 rings (SSSR count). The van der Waals surface area contributed by atoms with Crippen LogP contribution in [-0.2, 0) is 0 Å². The smallest absolute Gasteiger partial charge is 0.387 e. The second kappa shape index (κ2) is 7.44. The van der Waals surface area contributed by atoms with Crippen molar-refractivity contribution in [3.8, 4) is 17.1 Å². The van der Waals surface area contributed by atoms with Crippen LogP contribution in [0.4, 0.5) is 8.78 Å². The summed E-state index contributed by atoms with van der Waals surface area (Å²) in [4.78, 5) is 4.29. The molecule has 0 aliphatic carbocycles. The second-order valence-corrected chi connectivity index (χ2v) is 5.59. The number of alkyl halides is 2. The number of hydrogen-bond acceptors (Lipinski definition) is 4. The third kappa shape index (κ3) is 4.22. The normalized spacial score (nSPS) is 11.8. The number of rotatable bonds is 5. The van der Waals surface area contributed by atoms with Gasteiger partial charge in [-0.1, -0.05) is 53.2 Å². The molecule has 0 radical (unpaired) electrons. The first kappa shape index (κ1) is 17.1. The summed E-state index contributed by atoms with van der Waals surface area (Å²) < 4.78 is 33.8. The zero-order valence-electron chi connectivity index (χ0n) is 13.1. The van der Waals surface area contributed by atoms with Gasteiger partial charge in [0.25, 0.3) is 5.89 Å². The van der Waals surface area contributed by atoms with Gasteiger partial charge in [0, 0.05) is 5.56 Å². The van der Waals surface area contributed by atoms with E-state index in [0.29, 0.717) is 11.4 Å². The lowest BCUT2D eigenvalue weighted by molar-refractivity contribution is -0.0498. The largest absolute Gasteiger partial charge is 0.435 e. The van der Waals surface area contributed by atoms with Crippen LogP contribution < -0.4 is 4.74 Å². The predicted molar refractivity (Wildman–Crippen MR) is 91.3 cm³/mol. The Kier molecular flexibility index (Phi) is 5.09. The van der Waals surface area contributed by atoms with Gasteiger partial charge in [-0.3, -0.25) is 0 Å². The Labute approximate surface area is 147 Å². The average molecular weight is 363 g/mol. The first-order valence-corrected chi connectivity index (χ1v) is 7.73. The van der Waals surface area contributed by atoms with E-state index in [9.17, 15) is 8.78 Å². The number of ether oxygens (including phenoxy) is 1. The van der Waals surface area contributed by atoms with Gasteiger partial charge >= 0.3 is 6.61 Å². The highest BCUT2D eigenvalue weighted by molar-refractivity contribution is 6.50. The van der Waals surface area contributed by atoms with E-state index in [1.807, 2.05) is 31.2 Å². The first-order chi connectivity index (χ1) is 12.0. The first-order valence-electron chi connectivity index (χ1n) is 7.35. The van der Waals surface area contributed by atoms with E-state index in [4.69, 9.17) is 16.1 Å². The molecule has 0 atom stereocenters. The number of halogens is 3. The Balaban J connectivity index is 1.80. The highest BCUT2D eigenvalue weighted by Crippen LogP contribution is 2.26. The molecule has 0 aliphatic rings. The molecule has 2 aromatic carbocycles. The Bertz CT molecular complexity index is 892. The van der Waals surface area contributed by atoms with Gasteiger partial charge in [0.15, 0.2) is 0 Å². The van der Waals surface area contributed by atoms with Gasteiger partial charge < -0.3 is 9.26 Å². The zero-order valence-corrected chi connectivity index (χ0v) is 13.9. The Morgan fingerprint density at radius 2 is 1.88 bits per heavy atom. The lowest BCUT2D eigenvalue weighted by Crippen LogP contribution is -2.01. The van der Waals surface area contributed by atoms with Crippen LogP contribution in [0.2, 0.25) is 0 Å². The molecule has 0 amide bonds. The summed E-state index contributed by atoms with van der Waals surface area (Å²) in [6, 6.07) is 13.7. The van der Waals surface area contributed by atoms with Crippen LogP contribution >= 0.6 is 11.6 Å². The summed E-state index contributed by atoms with van der Waals surface area (Å²) in [7, 11) is 0. The van der Waals surface area contributed by atoms with Crippen molar-refractivity contribution in [3.05, 3.63) is 65.5 Å². The molecule has 4 nitrogen and oxygen atoms in total. The molecule has 1 heterocycles. The van der Waals surface area contributed by atoms with Crippen molar-refractivity contribution >= 4 is 22.7 Å². The van der Waals surface area contributed by atoms with E-state index in [2.05, 4.69) is 14.9 Å². The van der Waals surface area contributed by atoms with E-state index in [-0.39, 0.29) is 16.7 Å². The Hall–Kier alpha value is -2.73. The van der Waals surface area contributed by atoms with Crippen LogP contribution in [0.15, 0.2) is 53.1 Å². The van der Waals surface area contributed by atoms with Gasteiger partial charge in [-0.05, 0) is 36.3 Å². The molecule has 128 valence electrons. The van der Waals surface area contributed by atoms with E-state index >= 15 is 0 Å². The molecule has 0 spiro atoms. The molecule has 7 heteroatoms. The van der Waals surface area contributed by atoms with Gasteiger partial charge in [-0.15, -0.1) is 0 Å². The van der Waals surface area contributed by atoms with Crippen molar-refractivity contribution < 1.29 is 18.0 Å². The lowest BCUT2D eigenvalue weighted by atomic mass is 10.1. The molecule has 0 unspecified atom stereocenters. The molecule has 0 aliphatic heterocycles. The fraction of sp³-hybridized carbons (Fsp3) is 0.111. The maximum atomic E-state index is 12.1. The average Bonchev–Trinajstić information content (AvgIpc) is 3.06. The summed E-state index contributed by atoms with van der Waals surface area (Å²) in [6.45, 7) is -0.908. The lowest BCUT2D eigenvalue weighted by Gasteiger charge is -2.03. The Morgan fingerprint density at radius 1 is 1.16 bits per heavy atom. The minimum atomic E-state index is -2.86. The standard InChI is InChI=1S/C18H13ClF2N2O2/c1-11-4-2-3-5-14(11)16-22-17(25-23-16)15(19)10-12-6-8-13(9-7-12)24-18(20)21/h2-10,18H,1H3/b15-10-. The third-order valence-electron chi connectivity index (χ3n) is 3.41. The maximum Gasteiger partial charge on any atom is 0.387 e. The third-order valence-corrected chi connectivity index (χ3v) is 3.69. The molecule has 0 fully saturated rings. The molecular formula is C18H13ClF2N2O2. The van der Waals surface area contributed by atoms with Crippen LogP contribution in [0.5, 0.6) is 5.75 Å². The van der Waals surface area contributed by atoms with Crippen LogP contribution in [0.25, 0.3) is 22.5 Å². The van der Waals surface area contributed by atoms with E-state index < -0.39 is 6.61 Å². The van der Waals surface area contributed by atoms with Crippen molar-refractivity contribution in [2.24, 2.45) is 0 Å². The molecule has 0 saturated heterocycles. The van der Waals surface area contributed by atoms with Crippen molar-refractivity contribution in [1.29, 1.82) is 0 Å². The zero-order chi connectivity index (χ0) is 17.8. The molecular weight excluding hydrogens is 350 g/mol. The molecule has 1 aromatic heterocycles. The van der Waals surface area contributed by atoms with Crippen molar-refractivity contribution in [2.45, 2.75) is 13.5 Å². The molecule has 0 bridgehead atoms. The van der Waals surface area contributed by atoms with Crippen LogP contribution in [0.1, 0.15) is 17.0 Å². The summed E-state index contributed by atoms with van der Waals surface area (Å²) in [5, 5.41) is 4.19. The van der Waals surface area contributed by atoms with Crippen molar-refractivity contribution in [3.63, 3.8) is 0 Å². The van der Waals surface area contributed by atoms with Gasteiger partial charge in [-0.25, -0.2) is 0 Å². The molecule has 0 N–H and O–H groups in total. The quantitative estimate of drug-likeness (QED) is 0.611.